The minimum Gasteiger partial charge on any atom is -0.381 e. The first-order valence-electron chi connectivity index (χ1n) is 13.5. The van der Waals surface area contributed by atoms with E-state index in [2.05, 4.69) is 15.5 Å². The molecule has 3 aliphatic rings. The maximum Gasteiger partial charge on any atom is 0.242 e. The minimum atomic E-state index is -0.905. The van der Waals surface area contributed by atoms with Crippen molar-refractivity contribution in [3.63, 3.8) is 0 Å². The summed E-state index contributed by atoms with van der Waals surface area (Å²) >= 11 is 0. The summed E-state index contributed by atoms with van der Waals surface area (Å²) in [6, 6.07) is 9.43. The van der Waals surface area contributed by atoms with E-state index >= 15 is 0 Å². The number of carbonyl (C=O) groups excluding carboxylic acids is 3. The molecular formula is C27H41N5O4. The number of rotatable bonds is 9. The first kappa shape index (κ1) is 26.6. The number of piperazine rings is 1. The number of benzene rings is 1. The van der Waals surface area contributed by atoms with Crippen molar-refractivity contribution < 1.29 is 19.1 Å². The molecule has 4 N–H and O–H groups in total. The van der Waals surface area contributed by atoms with Crippen LogP contribution in [-0.4, -0.2) is 91.1 Å². The number of nitrogens with zero attached hydrogens (tertiary/aromatic N) is 2. The quantitative estimate of drug-likeness (QED) is 0.463. The molecule has 0 spiro atoms. The minimum absolute atomic E-state index is 0.0532. The van der Waals surface area contributed by atoms with Crippen LogP contribution in [0.1, 0.15) is 50.5 Å². The molecule has 2 heterocycles. The van der Waals surface area contributed by atoms with E-state index in [1.165, 1.54) is 0 Å². The molecule has 0 aromatic heterocycles. The van der Waals surface area contributed by atoms with Crippen LogP contribution in [0, 0.1) is 0 Å². The van der Waals surface area contributed by atoms with Crippen LogP contribution >= 0.6 is 0 Å². The second-order valence-corrected chi connectivity index (χ2v) is 10.4. The first-order chi connectivity index (χ1) is 17.4. The molecule has 1 aliphatic carbocycles. The topological polar surface area (TPSA) is 117 Å². The van der Waals surface area contributed by atoms with Crippen LogP contribution in [0.4, 0.5) is 0 Å². The van der Waals surface area contributed by atoms with Gasteiger partial charge in [0.2, 0.25) is 17.7 Å². The highest BCUT2D eigenvalue weighted by Gasteiger charge is 2.38. The Morgan fingerprint density at radius 3 is 2.36 bits per heavy atom. The Hall–Kier alpha value is -2.49. The second kappa shape index (κ2) is 12.7. The lowest BCUT2D eigenvalue weighted by atomic mass is 9.96. The molecular weight excluding hydrogens is 458 g/mol. The van der Waals surface area contributed by atoms with E-state index in [1.54, 1.807) is 0 Å². The van der Waals surface area contributed by atoms with Crippen molar-refractivity contribution in [2.75, 3.05) is 45.9 Å². The van der Waals surface area contributed by atoms with Gasteiger partial charge in [0.1, 0.15) is 6.04 Å². The Labute approximate surface area is 214 Å². The SMILES string of the molecule is NC1(C(=O)N[C@H](Cc2ccccc2)C(=O)NCCC(=O)N2CCN(C3CCOCC3)CC2)CCCC1. The van der Waals surface area contributed by atoms with E-state index in [4.69, 9.17) is 10.5 Å². The van der Waals surface area contributed by atoms with Crippen LogP contribution in [0.5, 0.6) is 0 Å². The molecule has 3 fully saturated rings. The van der Waals surface area contributed by atoms with Gasteiger partial charge >= 0.3 is 0 Å². The van der Waals surface area contributed by atoms with Gasteiger partial charge in [-0.2, -0.15) is 0 Å². The molecule has 1 atom stereocenters. The third-order valence-electron chi connectivity index (χ3n) is 7.86. The van der Waals surface area contributed by atoms with Crippen molar-refractivity contribution in [1.82, 2.24) is 20.4 Å². The zero-order chi connectivity index (χ0) is 25.4. The molecule has 2 saturated heterocycles. The molecule has 9 heteroatoms. The number of hydrogen-bond acceptors (Lipinski definition) is 6. The third kappa shape index (κ3) is 7.05. The summed E-state index contributed by atoms with van der Waals surface area (Å²) in [5.41, 5.74) is 6.37. The highest BCUT2D eigenvalue weighted by Crippen LogP contribution is 2.27. The van der Waals surface area contributed by atoms with Gasteiger partial charge < -0.3 is 26.0 Å². The van der Waals surface area contributed by atoms with Crippen LogP contribution in [0.2, 0.25) is 0 Å². The fourth-order valence-electron chi connectivity index (χ4n) is 5.55. The molecule has 1 saturated carbocycles. The lowest BCUT2D eigenvalue weighted by Crippen LogP contribution is -2.58. The molecule has 1 aromatic carbocycles. The van der Waals surface area contributed by atoms with Gasteiger partial charge in [0.15, 0.2) is 0 Å². The zero-order valence-electron chi connectivity index (χ0n) is 21.3. The van der Waals surface area contributed by atoms with Gasteiger partial charge in [-0.25, -0.2) is 0 Å². The number of ether oxygens (including phenoxy) is 1. The molecule has 36 heavy (non-hydrogen) atoms. The van der Waals surface area contributed by atoms with E-state index in [9.17, 15) is 14.4 Å². The molecule has 4 rings (SSSR count). The predicted molar refractivity (Wildman–Crippen MR) is 137 cm³/mol. The summed E-state index contributed by atoms with van der Waals surface area (Å²) in [6.45, 7) is 5.09. The van der Waals surface area contributed by atoms with Gasteiger partial charge in [-0.1, -0.05) is 43.2 Å². The molecule has 0 unspecified atom stereocenters. The monoisotopic (exact) mass is 499 g/mol. The summed E-state index contributed by atoms with van der Waals surface area (Å²) in [5.74, 6) is -0.502. The van der Waals surface area contributed by atoms with Gasteiger partial charge in [0.05, 0.1) is 5.54 Å². The molecule has 9 nitrogen and oxygen atoms in total. The fourth-order valence-corrected chi connectivity index (χ4v) is 5.55. The van der Waals surface area contributed by atoms with Gasteiger partial charge in [-0.05, 0) is 31.2 Å². The Balaban J connectivity index is 1.25. The van der Waals surface area contributed by atoms with Crippen LogP contribution in [0.15, 0.2) is 30.3 Å². The smallest absolute Gasteiger partial charge is 0.242 e. The third-order valence-corrected chi connectivity index (χ3v) is 7.86. The molecule has 0 radical (unpaired) electrons. The predicted octanol–water partition coefficient (Wildman–Crippen LogP) is 0.815. The van der Waals surface area contributed by atoms with Gasteiger partial charge in [-0.3, -0.25) is 19.3 Å². The lowest BCUT2D eigenvalue weighted by Gasteiger charge is -2.40. The van der Waals surface area contributed by atoms with Crippen LogP contribution in [0.3, 0.4) is 0 Å². The second-order valence-electron chi connectivity index (χ2n) is 10.4. The average molecular weight is 500 g/mol. The summed E-state index contributed by atoms with van der Waals surface area (Å²) < 4.78 is 5.46. The molecule has 3 amide bonds. The van der Waals surface area contributed by atoms with Crippen molar-refractivity contribution in [2.45, 2.75) is 69.0 Å². The van der Waals surface area contributed by atoms with Crippen LogP contribution in [-0.2, 0) is 25.5 Å². The highest BCUT2D eigenvalue weighted by molar-refractivity contribution is 5.92. The van der Waals surface area contributed by atoms with Gasteiger partial charge in [0, 0.05) is 64.8 Å². The fraction of sp³-hybridized carbons (Fsp3) is 0.667. The largest absolute Gasteiger partial charge is 0.381 e. The normalized spacial score (nSPS) is 21.6. The van der Waals surface area contributed by atoms with Crippen LogP contribution < -0.4 is 16.4 Å². The van der Waals surface area contributed by atoms with E-state index in [1.807, 2.05) is 35.2 Å². The number of carbonyl (C=O) groups is 3. The molecule has 2 aliphatic heterocycles. The van der Waals surface area contributed by atoms with Crippen molar-refractivity contribution in [2.24, 2.45) is 5.73 Å². The van der Waals surface area contributed by atoms with Crippen molar-refractivity contribution in [3.05, 3.63) is 35.9 Å². The van der Waals surface area contributed by atoms with Crippen molar-refractivity contribution in [3.8, 4) is 0 Å². The lowest BCUT2D eigenvalue weighted by molar-refractivity contribution is -0.134. The standard InChI is InChI=1S/C27H41N5O4/c28-27(11-4-5-12-27)26(35)30-23(20-21-6-2-1-3-7-21)25(34)29-13-8-24(33)32-16-14-31(15-17-32)22-9-18-36-19-10-22/h1-3,6-7,22-23H,4-5,8-20,28H2,(H,29,34)(H,30,35)/t23-/m1/s1. The number of nitrogens with one attached hydrogen (secondary N) is 2. The van der Waals surface area contributed by atoms with Crippen molar-refractivity contribution in [1.29, 1.82) is 0 Å². The summed E-state index contributed by atoms with van der Waals surface area (Å²) in [4.78, 5) is 43.1. The van der Waals surface area contributed by atoms with E-state index < -0.39 is 11.6 Å². The molecule has 198 valence electrons. The maximum atomic E-state index is 13.1. The van der Waals surface area contributed by atoms with Gasteiger partial charge in [-0.15, -0.1) is 0 Å². The number of hydrogen-bond donors (Lipinski definition) is 3. The first-order valence-corrected chi connectivity index (χ1v) is 13.5. The van der Waals surface area contributed by atoms with Crippen molar-refractivity contribution >= 4 is 17.7 Å². The molecule has 0 bridgehead atoms. The zero-order valence-corrected chi connectivity index (χ0v) is 21.3. The highest BCUT2D eigenvalue weighted by atomic mass is 16.5. The molecule has 1 aromatic rings. The van der Waals surface area contributed by atoms with E-state index in [0.717, 1.165) is 70.6 Å². The summed E-state index contributed by atoms with van der Waals surface area (Å²) in [7, 11) is 0. The Morgan fingerprint density at radius 2 is 1.69 bits per heavy atom. The Morgan fingerprint density at radius 1 is 1.03 bits per heavy atom. The van der Waals surface area contributed by atoms with E-state index in [-0.39, 0.29) is 30.7 Å². The van der Waals surface area contributed by atoms with E-state index in [0.29, 0.717) is 25.3 Å². The summed E-state index contributed by atoms with van der Waals surface area (Å²) in [6.07, 6.45) is 5.85. The average Bonchev–Trinajstić information content (AvgIpc) is 3.37. The number of nitrogens with two attached hydrogens (primary N) is 1. The maximum absolute atomic E-state index is 13.1. The Kier molecular flexibility index (Phi) is 9.34. The van der Waals surface area contributed by atoms with Crippen LogP contribution in [0.25, 0.3) is 0 Å². The van der Waals surface area contributed by atoms with Gasteiger partial charge in [0.25, 0.3) is 0 Å². The number of amides is 3. The summed E-state index contributed by atoms with van der Waals surface area (Å²) in [5, 5.41) is 5.78. The Bertz CT molecular complexity index is 875.